The van der Waals surface area contributed by atoms with E-state index in [2.05, 4.69) is 10.2 Å². The van der Waals surface area contributed by atoms with Gasteiger partial charge in [0.1, 0.15) is 0 Å². The summed E-state index contributed by atoms with van der Waals surface area (Å²) in [5.74, 6) is 0. The minimum absolute atomic E-state index is 0.111. The number of unbranched alkanes of at least 4 members (excludes halogenated alkanes) is 7. The van der Waals surface area contributed by atoms with Crippen LogP contribution in [-0.4, -0.2) is 47.6 Å². The molecule has 1 aromatic heterocycles. The van der Waals surface area contributed by atoms with Gasteiger partial charge < -0.3 is 15.4 Å². The van der Waals surface area contributed by atoms with Crippen molar-refractivity contribution in [1.29, 1.82) is 0 Å². The minimum atomic E-state index is 0.111. The average Bonchev–Trinajstić information content (AvgIpc) is 2.69. The molecule has 0 radical (unpaired) electrons. The maximum Gasteiger partial charge on any atom is 0.188 e. The van der Waals surface area contributed by atoms with Crippen LogP contribution >= 0.6 is 0 Å². The van der Waals surface area contributed by atoms with Crippen molar-refractivity contribution in [1.82, 2.24) is 14.9 Å². The van der Waals surface area contributed by atoms with Crippen LogP contribution < -0.4 is 10.7 Å². The van der Waals surface area contributed by atoms with Gasteiger partial charge in [-0.2, -0.15) is 4.73 Å². The SMILES string of the molecule is Cc1c(C)n(O)c(C)c(CCCCCCCCCCN2CCNCC2)c1=O. The highest BCUT2D eigenvalue weighted by atomic mass is 16.5. The second kappa shape index (κ2) is 11.5. The van der Waals surface area contributed by atoms with Gasteiger partial charge in [-0.25, -0.2) is 0 Å². The third-order valence-electron chi connectivity index (χ3n) is 6.09. The van der Waals surface area contributed by atoms with Crippen LogP contribution in [0.1, 0.15) is 73.9 Å². The fourth-order valence-electron chi connectivity index (χ4n) is 4.02. The van der Waals surface area contributed by atoms with Crippen molar-refractivity contribution >= 4 is 0 Å². The molecule has 0 amide bonds. The maximum absolute atomic E-state index is 12.4. The van der Waals surface area contributed by atoms with Gasteiger partial charge in [-0.3, -0.25) is 4.79 Å². The molecule has 1 fully saturated rings. The summed E-state index contributed by atoms with van der Waals surface area (Å²) >= 11 is 0. The van der Waals surface area contributed by atoms with Gasteiger partial charge in [-0.05, 0) is 46.6 Å². The van der Waals surface area contributed by atoms with E-state index in [0.717, 1.165) is 37.9 Å². The standard InChI is InChI=1S/C22H39N3O2/c1-18-19(2)25(27)20(3)21(22(18)26)12-10-8-6-4-5-7-9-11-15-24-16-13-23-14-17-24/h23,27H,4-17H2,1-3H3. The van der Waals surface area contributed by atoms with E-state index in [4.69, 9.17) is 0 Å². The zero-order chi connectivity index (χ0) is 19.6. The highest BCUT2D eigenvalue weighted by Gasteiger charge is 2.13. The number of hydrogen-bond donors (Lipinski definition) is 2. The van der Waals surface area contributed by atoms with E-state index >= 15 is 0 Å². The predicted octanol–water partition coefficient (Wildman–Crippen LogP) is 3.58. The Bertz CT molecular complexity index is 633. The van der Waals surface area contributed by atoms with Crippen LogP contribution in [0.3, 0.4) is 0 Å². The first-order valence-corrected chi connectivity index (χ1v) is 10.9. The molecule has 27 heavy (non-hydrogen) atoms. The highest BCUT2D eigenvalue weighted by Crippen LogP contribution is 2.14. The van der Waals surface area contributed by atoms with Gasteiger partial charge in [0.15, 0.2) is 5.43 Å². The maximum atomic E-state index is 12.4. The average molecular weight is 378 g/mol. The van der Waals surface area contributed by atoms with E-state index in [-0.39, 0.29) is 5.43 Å². The Labute approximate surface area is 164 Å². The van der Waals surface area contributed by atoms with Crippen molar-refractivity contribution in [2.75, 3.05) is 32.7 Å². The number of rotatable bonds is 11. The monoisotopic (exact) mass is 377 g/mol. The van der Waals surface area contributed by atoms with Gasteiger partial charge >= 0.3 is 0 Å². The molecule has 1 aliphatic heterocycles. The second-order valence-electron chi connectivity index (χ2n) is 8.09. The molecule has 0 saturated carbocycles. The Morgan fingerprint density at radius 2 is 1.41 bits per heavy atom. The van der Waals surface area contributed by atoms with E-state index in [1.807, 2.05) is 6.92 Å². The van der Waals surface area contributed by atoms with Crippen LogP contribution in [0.5, 0.6) is 0 Å². The summed E-state index contributed by atoms with van der Waals surface area (Å²) < 4.78 is 1.17. The van der Waals surface area contributed by atoms with Crippen molar-refractivity contribution < 1.29 is 5.21 Å². The molecule has 0 unspecified atom stereocenters. The second-order valence-corrected chi connectivity index (χ2v) is 8.09. The fraction of sp³-hybridized carbons (Fsp3) is 0.773. The van der Waals surface area contributed by atoms with Gasteiger partial charge in [-0.15, -0.1) is 0 Å². The van der Waals surface area contributed by atoms with Crippen LogP contribution in [0.2, 0.25) is 0 Å². The number of piperazine rings is 1. The Morgan fingerprint density at radius 1 is 0.852 bits per heavy atom. The Morgan fingerprint density at radius 3 is 2.04 bits per heavy atom. The summed E-state index contributed by atoms with van der Waals surface area (Å²) in [5.41, 5.74) is 2.91. The normalized spacial score (nSPS) is 15.4. The van der Waals surface area contributed by atoms with Gasteiger partial charge in [0.2, 0.25) is 0 Å². The fourth-order valence-corrected chi connectivity index (χ4v) is 4.02. The lowest BCUT2D eigenvalue weighted by molar-refractivity contribution is 0.169. The molecule has 2 heterocycles. The summed E-state index contributed by atoms with van der Waals surface area (Å²) in [7, 11) is 0. The van der Waals surface area contributed by atoms with Crippen molar-refractivity contribution in [2.24, 2.45) is 0 Å². The highest BCUT2D eigenvalue weighted by molar-refractivity contribution is 5.29. The van der Waals surface area contributed by atoms with E-state index < -0.39 is 0 Å². The van der Waals surface area contributed by atoms with Crippen molar-refractivity contribution in [3.8, 4) is 0 Å². The first kappa shape index (κ1) is 22.0. The third-order valence-corrected chi connectivity index (χ3v) is 6.09. The van der Waals surface area contributed by atoms with Crippen LogP contribution in [0, 0.1) is 20.8 Å². The lowest BCUT2D eigenvalue weighted by Crippen LogP contribution is -2.43. The molecular formula is C22H39N3O2. The smallest absolute Gasteiger partial charge is 0.188 e. The lowest BCUT2D eigenvalue weighted by Gasteiger charge is -2.27. The number of hydrogen-bond acceptors (Lipinski definition) is 4. The van der Waals surface area contributed by atoms with Crippen LogP contribution in [-0.2, 0) is 6.42 Å². The van der Waals surface area contributed by atoms with Gasteiger partial charge in [0.05, 0.1) is 11.4 Å². The molecule has 154 valence electrons. The molecule has 5 heteroatoms. The Kier molecular flexibility index (Phi) is 9.35. The van der Waals surface area contributed by atoms with Crippen molar-refractivity contribution in [3.05, 3.63) is 32.7 Å². The van der Waals surface area contributed by atoms with Gasteiger partial charge in [0, 0.05) is 37.3 Å². The predicted molar refractivity (Wildman–Crippen MR) is 112 cm³/mol. The number of aromatic nitrogens is 1. The van der Waals surface area contributed by atoms with Crippen LogP contribution in [0.4, 0.5) is 0 Å². The number of nitrogens with one attached hydrogen (secondary N) is 1. The molecule has 5 nitrogen and oxygen atoms in total. The topological polar surface area (TPSA) is 57.5 Å². The molecule has 1 aliphatic rings. The number of nitrogens with zero attached hydrogens (tertiary/aromatic N) is 2. The Balaban J connectivity index is 1.53. The molecule has 1 saturated heterocycles. The van der Waals surface area contributed by atoms with Crippen molar-refractivity contribution in [3.63, 3.8) is 0 Å². The first-order chi connectivity index (χ1) is 13.0. The Hall–Kier alpha value is -1.33. The van der Waals surface area contributed by atoms with Gasteiger partial charge in [-0.1, -0.05) is 38.5 Å². The molecule has 0 atom stereocenters. The molecule has 1 aromatic rings. The van der Waals surface area contributed by atoms with E-state index in [0.29, 0.717) is 17.0 Å². The molecule has 2 rings (SSSR count). The molecule has 0 aliphatic carbocycles. The minimum Gasteiger partial charge on any atom is -0.428 e. The molecular weight excluding hydrogens is 338 g/mol. The summed E-state index contributed by atoms with van der Waals surface area (Å²) in [6, 6.07) is 0. The molecule has 0 aromatic carbocycles. The third kappa shape index (κ3) is 6.65. The zero-order valence-corrected chi connectivity index (χ0v) is 17.6. The molecule has 0 bridgehead atoms. The first-order valence-electron chi connectivity index (χ1n) is 10.9. The van der Waals surface area contributed by atoms with Crippen LogP contribution in [0.15, 0.2) is 4.79 Å². The number of pyridine rings is 1. The van der Waals surface area contributed by atoms with E-state index in [1.54, 1.807) is 13.8 Å². The lowest BCUT2D eigenvalue weighted by atomic mass is 10.0. The summed E-state index contributed by atoms with van der Waals surface area (Å²) in [4.78, 5) is 15.0. The van der Waals surface area contributed by atoms with Crippen molar-refractivity contribution in [2.45, 2.75) is 78.6 Å². The summed E-state index contributed by atoms with van der Waals surface area (Å²) in [6.07, 6.45) is 10.9. The molecule has 2 N–H and O–H groups in total. The van der Waals surface area contributed by atoms with E-state index in [1.165, 1.54) is 62.9 Å². The molecule has 0 spiro atoms. The van der Waals surface area contributed by atoms with E-state index in [9.17, 15) is 10.0 Å². The summed E-state index contributed by atoms with van der Waals surface area (Å²) in [6.45, 7) is 11.4. The quantitative estimate of drug-likeness (QED) is 0.457. The largest absolute Gasteiger partial charge is 0.428 e. The zero-order valence-electron chi connectivity index (χ0n) is 17.6. The van der Waals surface area contributed by atoms with Crippen LogP contribution in [0.25, 0.3) is 0 Å². The van der Waals surface area contributed by atoms with Gasteiger partial charge in [0.25, 0.3) is 0 Å². The summed E-state index contributed by atoms with van der Waals surface area (Å²) in [5, 5.41) is 13.5.